The van der Waals surface area contributed by atoms with Crippen LogP contribution in [0.3, 0.4) is 0 Å². The van der Waals surface area contributed by atoms with Gasteiger partial charge in [0.1, 0.15) is 24.3 Å². The Bertz CT molecular complexity index is 649. The van der Waals surface area contributed by atoms with Gasteiger partial charge in [-0.1, -0.05) is 30.3 Å². The molecule has 25 heavy (non-hydrogen) atoms. The van der Waals surface area contributed by atoms with E-state index in [-0.39, 0.29) is 31.4 Å². The Kier molecular flexibility index (Phi) is 7.37. The summed E-state index contributed by atoms with van der Waals surface area (Å²) in [5.41, 5.74) is 1.13. The van der Waals surface area contributed by atoms with E-state index in [1.807, 2.05) is 42.3 Å². The Hall–Kier alpha value is -2.44. The second-order valence-corrected chi connectivity index (χ2v) is 5.88. The molecule has 0 aliphatic heterocycles. The Morgan fingerprint density at radius 3 is 2.56 bits per heavy atom. The third kappa shape index (κ3) is 7.32. The predicted octanol–water partition coefficient (Wildman–Crippen LogP) is 1.81. The van der Waals surface area contributed by atoms with E-state index in [1.165, 1.54) is 24.3 Å². The number of benzene rings is 2. The molecule has 0 heterocycles. The van der Waals surface area contributed by atoms with Crippen molar-refractivity contribution in [3.63, 3.8) is 0 Å². The number of rotatable bonds is 9. The first-order chi connectivity index (χ1) is 12.0. The molecular formula is C19H23FN2O3. The van der Waals surface area contributed by atoms with E-state index >= 15 is 0 Å². The minimum atomic E-state index is -0.839. The molecule has 0 aliphatic rings. The fraction of sp³-hybridized carbons (Fsp3) is 0.316. The van der Waals surface area contributed by atoms with Crippen LogP contribution < -0.4 is 10.1 Å². The lowest BCUT2D eigenvalue weighted by Crippen LogP contribution is -2.40. The number of hydrogen-bond acceptors (Lipinski definition) is 4. The summed E-state index contributed by atoms with van der Waals surface area (Å²) in [5, 5.41) is 12.5. The quantitative estimate of drug-likeness (QED) is 0.727. The van der Waals surface area contributed by atoms with Crippen molar-refractivity contribution in [1.29, 1.82) is 0 Å². The minimum absolute atomic E-state index is 0.0196. The lowest BCUT2D eigenvalue weighted by atomic mass is 10.2. The van der Waals surface area contributed by atoms with Gasteiger partial charge in [-0.15, -0.1) is 0 Å². The first-order valence-electron chi connectivity index (χ1n) is 8.08. The van der Waals surface area contributed by atoms with Gasteiger partial charge in [0.25, 0.3) is 0 Å². The molecule has 0 fully saturated rings. The van der Waals surface area contributed by atoms with Crippen LogP contribution in [0, 0.1) is 5.82 Å². The molecule has 2 aromatic rings. The topological polar surface area (TPSA) is 61.8 Å². The molecule has 1 amide bonds. The second kappa shape index (κ2) is 9.76. The van der Waals surface area contributed by atoms with Crippen molar-refractivity contribution in [2.24, 2.45) is 0 Å². The summed E-state index contributed by atoms with van der Waals surface area (Å²) in [6, 6.07) is 15.4. The molecule has 0 bridgehead atoms. The van der Waals surface area contributed by atoms with Crippen LogP contribution in [0.4, 0.5) is 4.39 Å². The average Bonchev–Trinajstić information content (AvgIpc) is 2.60. The first kappa shape index (κ1) is 18.9. The van der Waals surface area contributed by atoms with E-state index in [1.54, 1.807) is 0 Å². The van der Waals surface area contributed by atoms with Gasteiger partial charge in [-0.25, -0.2) is 4.39 Å². The zero-order chi connectivity index (χ0) is 18.1. The van der Waals surface area contributed by atoms with E-state index in [2.05, 4.69) is 5.32 Å². The number of amides is 1. The molecule has 2 rings (SSSR count). The number of halogens is 1. The summed E-state index contributed by atoms with van der Waals surface area (Å²) in [5.74, 6) is -0.0478. The Morgan fingerprint density at radius 2 is 1.88 bits per heavy atom. The average molecular weight is 346 g/mol. The summed E-state index contributed by atoms with van der Waals surface area (Å²) < 4.78 is 18.1. The smallest absolute Gasteiger partial charge is 0.234 e. The number of nitrogens with one attached hydrogen (secondary N) is 1. The first-order valence-corrected chi connectivity index (χ1v) is 8.08. The molecule has 6 heteroatoms. The highest BCUT2D eigenvalue weighted by Crippen LogP contribution is 2.11. The molecule has 0 radical (unpaired) electrons. The lowest BCUT2D eigenvalue weighted by molar-refractivity contribution is -0.122. The van der Waals surface area contributed by atoms with Crippen molar-refractivity contribution in [3.8, 4) is 5.75 Å². The molecule has 2 N–H and O–H groups in total. The van der Waals surface area contributed by atoms with Crippen LogP contribution in [0.2, 0.25) is 0 Å². The number of ether oxygens (including phenoxy) is 1. The molecule has 0 aliphatic carbocycles. The maximum absolute atomic E-state index is 12.8. The number of hydrogen-bond donors (Lipinski definition) is 2. The van der Waals surface area contributed by atoms with Crippen molar-refractivity contribution in [1.82, 2.24) is 10.2 Å². The maximum atomic E-state index is 12.8. The van der Waals surface area contributed by atoms with Crippen LogP contribution >= 0.6 is 0 Å². The second-order valence-electron chi connectivity index (χ2n) is 5.88. The van der Waals surface area contributed by atoms with Crippen LogP contribution in [-0.4, -0.2) is 48.8 Å². The van der Waals surface area contributed by atoms with E-state index in [0.29, 0.717) is 12.3 Å². The van der Waals surface area contributed by atoms with Crippen LogP contribution in [0.15, 0.2) is 54.6 Å². The fourth-order valence-corrected chi connectivity index (χ4v) is 2.27. The number of likely N-dealkylation sites (N-methyl/N-ethyl adjacent to an activating group) is 1. The van der Waals surface area contributed by atoms with Gasteiger partial charge < -0.3 is 15.2 Å². The zero-order valence-corrected chi connectivity index (χ0v) is 14.2. The Balaban J connectivity index is 1.64. The van der Waals surface area contributed by atoms with Crippen LogP contribution in [0.25, 0.3) is 0 Å². The normalized spacial score (nSPS) is 12.0. The highest BCUT2D eigenvalue weighted by molar-refractivity contribution is 5.77. The molecule has 5 nitrogen and oxygen atoms in total. The molecule has 2 aromatic carbocycles. The highest BCUT2D eigenvalue weighted by atomic mass is 19.1. The number of carbonyl (C=O) groups is 1. The standard InChI is InChI=1S/C19H23FN2O3/c1-22(12-15-5-3-2-4-6-15)13-19(24)21-11-17(23)14-25-18-9-7-16(20)8-10-18/h2-10,17,23H,11-14H2,1H3,(H,21,24)/t17-/m0/s1. The number of aliphatic hydroxyl groups is 1. The Labute approximate surface area is 147 Å². The van der Waals surface area contributed by atoms with Crippen molar-refractivity contribution in [2.45, 2.75) is 12.6 Å². The summed E-state index contributed by atoms with van der Waals surface area (Å²) >= 11 is 0. The molecule has 1 atom stereocenters. The molecule has 134 valence electrons. The number of nitrogens with zero attached hydrogens (tertiary/aromatic N) is 1. The molecule has 0 aromatic heterocycles. The van der Waals surface area contributed by atoms with Gasteiger partial charge in [-0.05, 0) is 36.9 Å². The predicted molar refractivity (Wildman–Crippen MR) is 93.7 cm³/mol. The van der Waals surface area contributed by atoms with Crippen LogP contribution in [0.1, 0.15) is 5.56 Å². The van der Waals surface area contributed by atoms with Crippen molar-refractivity contribution in [3.05, 3.63) is 66.0 Å². The molecule has 0 saturated heterocycles. The van der Waals surface area contributed by atoms with Gasteiger partial charge in [0.2, 0.25) is 5.91 Å². The summed E-state index contributed by atoms with van der Waals surface area (Å²) in [6.45, 7) is 1.02. The highest BCUT2D eigenvalue weighted by Gasteiger charge is 2.10. The van der Waals surface area contributed by atoms with Gasteiger partial charge in [0, 0.05) is 13.1 Å². The fourth-order valence-electron chi connectivity index (χ4n) is 2.27. The van der Waals surface area contributed by atoms with E-state index in [0.717, 1.165) is 5.56 Å². The molecule has 0 saturated carbocycles. The number of carbonyl (C=O) groups excluding carboxylic acids is 1. The summed E-state index contributed by atoms with van der Waals surface area (Å²) in [7, 11) is 1.86. The van der Waals surface area contributed by atoms with Gasteiger partial charge in [-0.2, -0.15) is 0 Å². The van der Waals surface area contributed by atoms with Crippen LogP contribution in [-0.2, 0) is 11.3 Å². The molecular weight excluding hydrogens is 323 g/mol. The van der Waals surface area contributed by atoms with E-state index < -0.39 is 6.10 Å². The third-order valence-corrected chi connectivity index (χ3v) is 3.50. The van der Waals surface area contributed by atoms with Crippen molar-refractivity contribution < 1.29 is 19.0 Å². The largest absolute Gasteiger partial charge is 0.491 e. The number of aliphatic hydroxyl groups excluding tert-OH is 1. The van der Waals surface area contributed by atoms with Crippen LogP contribution in [0.5, 0.6) is 5.75 Å². The zero-order valence-electron chi connectivity index (χ0n) is 14.2. The molecule has 0 unspecified atom stereocenters. The lowest BCUT2D eigenvalue weighted by Gasteiger charge is -2.17. The van der Waals surface area contributed by atoms with Gasteiger partial charge in [0.05, 0.1) is 6.54 Å². The molecule has 0 spiro atoms. The summed E-state index contributed by atoms with van der Waals surface area (Å²) in [4.78, 5) is 13.8. The SMILES string of the molecule is CN(CC(=O)NC[C@H](O)COc1ccc(F)cc1)Cc1ccccc1. The van der Waals surface area contributed by atoms with Gasteiger partial charge >= 0.3 is 0 Å². The summed E-state index contributed by atoms with van der Waals surface area (Å²) in [6.07, 6.45) is -0.839. The van der Waals surface area contributed by atoms with Gasteiger partial charge in [0.15, 0.2) is 0 Å². The van der Waals surface area contributed by atoms with Crippen molar-refractivity contribution in [2.75, 3.05) is 26.7 Å². The van der Waals surface area contributed by atoms with E-state index in [4.69, 9.17) is 4.74 Å². The minimum Gasteiger partial charge on any atom is -0.491 e. The van der Waals surface area contributed by atoms with Gasteiger partial charge in [-0.3, -0.25) is 9.69 Å². The Morgan fingerprint density at radius 1 is 1.20 bits per heavy atom. The monoisotopic (exact) mass is 346 g/mol. The van der Waals surface area contributed by atoms with Crippen molar-refractivity contribution >= 4 is 5.91 Å². The maximum Gasteiger partial charge on any atom is 0.234 e. The van der Waals surface area contributed by atoms with E-state index in [9.17, 15) is 14.3 Å². The third-order valence-electron chi connectivity index (χ3n) is 3.50.